The van der Waals surface area contributed by atoms with Crippen molar-refractivity contribution in [3.63, 3.8) is 0 Å². The van der Waals surface area contributed by atoms with E-state index in [4.69, 9.17) is 10.5 Å². The van der Waals surface area contributed by atoms with Crippen LogP contribution in [0.3, 0.4) is 0 Å². The van der Waals surface area contributed by atoms with Gasteiger partial charge in [-0.15, -0.1) is 0 Å². The molecule has 0 aliphatic carbocycles. The molecule has 0 saturated heterocycles. The first-order valence-corrected chi connectivity index (χ1v) is 7.06. The molecule has 0 aromatic heterocycles. The van der Waals surface area contributed by atoms with Gasteiger partial charge in [-0.1, -0.05) is 28.1 Å². The van der Waals surface area contributed by atoms with Crippen LogP contribution in [0.4, 0.5) is 5.69 Å². The Labute approximate surface area is 126 Å². The summed E-state index contributed by atoms with van der Waals surface area (Å²) in [5, 5.41) is 0. The number of carbonyl (C=O) groups is 1. The summed E-state index contributed by atoms with van der Waals surface area (Å²) < 4.78 is 6.21. The summed E-state index contributed by atoms with van der Waals surface area (Å²) in [5.41, 5.74) is 8.21. The second-order valence-electron chi connectivity index (χ2n) is 4.59. The number of ketones is 1. The highest BCUT2D eigenvalue weighted by Crippen LogP contribution is 2.24. The van der Waals surface area contributed by atoms with E-state index in [9.17, 15) is 4.79 Å². The smallest absolute Gasteiger partial charge is 0.141 e. The van der Waals surface area contributed by atoms with Crippen molar-refractivity contribution in [3.8, 4) is 5.75 Å². The van der Waals surface area contributed by atoms with E-state index >= 15 is 0 Å². The summed E-state index contributed by atoms with van der Waals surface area (Å²) in [6.07, 6.45) is 0.720. The first kappa shape index (κ1) is 14.6. The Bertz CT molecular complexity index is 626. The van der Waals surface area contributed by atoms with E-state index in [0.717, 1.165) is 21.3 Å². The number of nitrogen functional groups attached to an aromatic ring is 1. The fraction of sp³-hybridized carbons (Fsp3) is 0.188. The molecule has 2 rings (SSSR count). The average Bonchev–Trinajstić information content (AvgIpc) is 2.38. The van der Waals surface area contributed by atoms with Crippen LogP contribution < -0.4 is 10.5 Å². The van der Waals surface area contributed by atoms with Gasteiger partial charge in [0.05, 0.1) is 7.11 Å². The van der Waals surface area contributed by atoms with Gasteiger partial charge in [-0.3, -0.25) is 4.79 Å². The van der Waals surface area contributed by atoms with Crippen LogP contribution in [0.1, 0.15) is 11.1 Å². The van der Waals surface area contributed by atoms with Crippen LogP contribution in [-0.2, 0) is 17.6 Å². The van der Waals surface area contributed by atoms with Crippen LogP contribution in [0.5, 0.6) is 5.75 Å². The Morgan fingerprint density at radius 1 is 1.20 bits per heavy atom. The SMILES string of the molecule is COc1ccc(Br)cc1CC(=O)Cc1cccc(N)c1. The third kappa shape index (κ3) is 3.84. The highest BCUT2D eigenvalue weighted by atomic mass is 79.9. The Morgan fingerprint density at radius 2 is 2.00 bits per heavy atom. The Hall–Kier alpha value is -1.81. The van der Waals surface area contributed by atoms with Gasteiger partial charge in [-0.05, 0) is 35.9 Å². The van der Waals surface area contributed by atoms with Gasteiger partial charge in [0.15, 0.2) is 0 Å². The van der Waals surface area contributed by atoms with Crippen molar-refractivity contribution < 1.29 is 9.53 Å². The van der Waals surface area contributed by atoms with Crippen molar-refractivity contribution in [2.75, 3.05) is 12.8 Å². The first-order valence-electron chi connectivity index (χ1n) is 6.27. The van der Waals surface area contributed by atoms with Crippen LogP contribution in [0.25, 0.3) is 0 Å². The Kier molecular flexibility index (Phi) is 4.79. The first-order chi connectivity index (χ1) is 9.58. The number of carbonyl (C=O) groups excluding carboxylic acids is 1. The minimum Gasteiger partial charge on any atom is -0.496 e. The van der Waals surface area contributed by atoms with E-state index in [1.807, 2.05) is 42.5 Å². The van der Waals surface area contributed by atoms with E-state index in [0.29, 0.717) is 18.5 Å². The van der Waals surface area contributed by atoms with Gasteiger partial charge in [0, 0.05) is 28.6 Å². The predicted octanol–water partition coefficient (Wildman–Crippen LogP) is 3.39. The van der Waals surface area contributed by atoms with Crippen LogP contribution in [0.2, 0.25) is 0 Å². The molecule has 0 aliphatic rings. The molecule has 4 heteroatoms. The Morgan fingerprint density at radius 3 is 2.70 bits per heavy atom. The molecule has 0 heterocycles. The third-order valence-corrected chi connectivity index (χ3v) is 3.48. The lowest BCUT2D eigenvalue weighted by molar-refractivity contribution is -0.117. The number of hydrogen-bond donors (Lipinski definition) is 1. The van der Waals surface area contributed by atoms with Crippen LogP contribution in [0.15, 0.2) is 46.9 Å². The number of methoxy groups -OCH3 is 1. The minimum absolute atomic E-state index is 0.131. The largest absolute Gasteiger partial charge is 0.496 e. The van der Waals surface area contributed by atoms with Gasteiger partial charge >= 0.3 is 0 Å². The Balaban J connectivity index is 2.10. The zero-order valence-corrected chi connectivity index (χ0v) is 12.8. The van der Waals surface area contributed by atoms with Crippen molar-refractivity contribution in [1.29, 1.82) is 0 Å². The van der Waals surface area contributed by atoms with Crippen LogP contribution in [-0.4, -0.2) is 12.9 Å². The summed E-state index contributed by atoms with van der Waals surface area (Å²) in [7, 11) is 1.61. The number of ether oxygens (including phenoxy) is 1. The summed E-state index contributed by atoms with van der Waals surface area (Å²) in [5.74, 6) is 0.862. The second kappa shape index (κ2) is 6.57. The normalized spacial score (nSPS) is 10.3. The number of halogens is 1. The maximum Gasteiger partial charge on any atom is 0.141 e. The molecular weight excluding hydrogens is 318 g/mol. The highest BCUT2D eigenvalue weighted by molar-refractivity contribution is 9.10. The lowest BCUT2D eigenvalue weighted by atomic mass is 10.0. The molecule has 2 N–H and O–H groups in total. The number of benzene rings is 2. The lowest BCUT2D eigenvalue weighted by Gasteiger charge is -2.08. The number of rotatable bonds is 5. The van der Waals surface area contributed by atoms with Crippen molar-refractivity contribution in [3.05, 3.63) is 58.1 Å². The minimum atomic E-state index is 0.131. The van der Waals surface area contributed by atoms with Crippen LogP contribution >= 0.6 is 15.9 Å². The molecule has 2 aromatic rings. The average molecular weight is 334 g/mol. The topological polar surface area (TPSA) is 52.3 Å². The molecule has 104 valence electrons. The number of anilines is 1. The molecule has 20 heavy (non-hydrogen) atoms. The molecule has 0 saturated carbocycles. The molecule has 3 nitrogen and oxygen atoms in total. The monoisotopic (exact) mass is 333 g/mol. The highest BCUT2D eigenvalue weighted by Gasteiger charge is 2.10. The fourth-order valence-corrected chi connectivity index (χ4v) is 2.50. The molecule has 2 aromatic carbocycles. The quantitative estimate of drug-likeness (QED) is 0.853. The molecule has 0 bridgehead atoms. The summed E-state index contributed by atoms with van der Waals surface area (Å²) in [4.78, 5) is 12.2. The zero-order valence-electron chi connectivity index (χ0n) is 11.2. The molecule has 0 fully saturated rings. The van der Waals surface area contributed by atoms with Gasteiger partial charge in [0.1, 0.15) is 11.5 Å². The lowest BCUT2D eigenvalue weighted by Crippen LogP contribution is -2.08. The van der Waals surface area contributed by atoms with E-state index in [1.54, 1.807) is 7.11 Å². The fourth-order valence-electron chi connectivity index (χ4n) is 2.09. The van der Waals surface area contributed by atoms with E-state index in [-0.39, 0.29) is 5.78 Å². The number of hydrogen-bond acceptors (Lipinski definition) is 3. The molecule has 0 atom stereocenters. The van der Waals surface area contributed by atoms with Gasteiger partial charge in [0.25, 0.3) is 0 Å². The van der Waals surface area contributed by atoms with E-state index in [1.165, 1.54) is 0 Å². The van der Waals surface area contributed by atoms with Crippen LogP contribution in [0, 0.1) is 0 Å². The van der Waals surface area contributed by atoms with Crippen molar-refractivity contribution in [2.45, 2.75) is 12.8 Å². The summed E-state index contributed by atoms with van der Waals surface area (Å²) >= 11 is 3.41. The predicted molar refractivity (Wildman–Crippen MR) is 84.0 cm³/mol. The van der Waals surface area contributed by atoms with Crippen molar-refractivity contribution in [2.24, 2.45) is 0 Å². The van der Waals surface area contributed by atoms with Crippen molar-refractivity contribution in [1.82, 2.24) is 0 Å². The van der Waals surface area contributed by atoms with Gasteiger partial charge < -0.3 is 10.5 Å². The van der Waals surface area contributed by atoms with E-state index < -0.39 is 0 Å². The number of nitrogens with two attached hydrogens (primary N) is 1. The standard InChI is InChI=1S/C16H16BrNO2/c1-20-16-6-5-13(17)9-12(16)10-15(19)8-11-3-2-4-14(18)7-11/h2-7,9H,8,10,18H2,1H3. The maximum atomic E-state index is 12.2. The summed E-state index contributed by atoms with van der Waals surface area (Å²) in [6.45, 7) is 0. The van der Waals surface area contributed by atoms with Gasteiger partial charge in [-0.25, -0.2) is 0 Å². The van der Waals surface area contributed by atoms with Gasteiger partial charge in [-0.2, -0.15) is 0 Å². The molecule has 0 aliphatic heterocycles. The molecule has 0 spiro atoms. The zero-order chi connectivity index (χ0) is 14.5. The molecular formula is C16H16BrNO2. The van der Waals surface area contributed by atoms with E-state index in [2.05, 4.69) is 15.9 Å². The third-order valence-electron chi connectivity index (χ3n) is 2.98. The maximum absolute atomic E-state index is 12.2. The number of Topliss-reactive ketones (excluding diaryl/α,β-unsaturated/α-hetero) is 1. The molecule has 0 unspecified atom stereocenters. The molecule has 0 radical (unpaired) electrons. The van der Waals surface area contributed by atoms with Gasteiger partial charge in [0.2, 0.25) is 0 Å². The second-order valence-corrected chi connectivity index (χ2v) is 5.51. The summed E-state index contributed by atoms with van der Waals surface area (Å²) in [6, 6.07) is 13.1. The van der Waals surface area contributed by atoms with Crippen molar-refractivity contribution >= 4 is 27.4 Å². The molecule has 0 amide bonds.